The van der Waals surface area contributed by atoms with E-state index in [4.69, 9.17) is 0 Å². The molecular weight excluding hydrogens is 236 g/mol. The van der Waals surface area contributed by atoms with Gasteiger partial charge in [0.1, 0.15) is 0 Å². The van der Waals surface area contributed by atoms with E-state index < -0.39 is 0 Å². The van der Waals surface area contributed by atoms with Gasteiger partial charge in [-0.15, -0.1) is 0 Å². The molecule has 1 aliphatic rings. The molecule has 1 heterocycles. The molecule has 0 aromatic carbocycles. The van der Waals surface area contributed by atoms with E-state index in [1.807, 2.05) is 20.8 Å². The van der Waals surface area contributed by atoms with Crippen molar-refractivity contribution >= 4 is 25.3 Å². The van der Waals surface area contributed by atoms with E-state index in [2.05, 4.69) is 11.9 Å². The van der Waals surface area contributed by atoms with Gasteiger partial charge in [-0.05, 0) is 33.3 Å². The zero-order valence-corrected chi connectivity index (χ0v) is 11.7. The fourth-order valence-electron chi connectivity index (χ4n) is 1.78. The van der Waals surface area contributed by atoms with Crippen molar-refractivity contribution in [3.8, 4) is 0 Å². The maximum Gasteiger partial charge on any atom is 0.245 e. The number of nitrogens with one attached hydrogen (secondary N) is 1. The van der Waals surface area contributed by atoms with E-state index >= 15 is 0 Å². The second kappa shape index (κ2) is 6.10. The van der Waals surface area contributed by atoms with Gasteiger partial charge in [0.25, 0.3) is 0 Å². The Labute approximate surface area is 110 Å². The number of hydrogen-bond acceptors (Lipinski definition) is 2. The van der Waals surface area contributed by atoms with Crippen LogP contribution < -0.4 is 5.32 Å². The molecule has 1 fully saturated rings. The molecule has 2 amide bonds. The second-order valence-electron chi connectivity index (χ2n) is 5.21. The van der Waals surface area contributed by atoms with Crippen molar-refractivity contribution in [2.24, 2.45) is 5.92 Å². The molecule has 1 aliphatic heterocycles. The molecule has 1 atom stereocenters. The summed E-state index contributed by atoms with van der Waals surface area (Å²) < 4.78 is 0. The fourth-order valence-corrected chi connectivity index (χ4v) is 1.78. The van der Waals surface area contributed by atoms with Crippen molar-refractivity contribution < 1.29 is 9.59 Å². The number of hydrogen-bond donors (Lipinski definition) is 1. The third-order valence-corrected chi connectivity index (χ3v) is 2.54. The Balaban J connectivity index is 0.00000256. The molecule has 0 aliphatic carbocycles. The molecule has 0 aromatic heterocycles. The summed E-state index contributed by atoms with van der Waals surface area (Å²) in [5.74, 6) is -0.138. The van der Waals surface area contributed by atoms with Crippen LogP contribution in [0.5, 0.6) is 0 Å². The molecule has 98 valence electrons. The van der Waals surface area contributed by atoms with Crippen LogP contribution in [0.15, 0.2) is 12.7 Å². The van der Waals surface area contributed by atoms with Crippen LogP contribution >= 0.6 is 13.5 Å². The van der Waals surface area contributed by atoms with Gasteiger partial charge in [0.2, 0.25) is 11.8 Å². The Bertz CT molecular complexity index is 310. The first kappa shape index (κ1) is 16.0. The maximum atomic E-state index is 11.8. The van der Waals surface area contributed by atoms with Crippen LogP contribution in [0.2, 0.25) is 0 Å². The summed E-state index contributed by atoms with van der Waals surface area (Å²) >= 11 is 0. The summed E-state index contributed by atoms with van der Waals surface area (Å²) in [6.07, 6.45) is 2.03. The highest BCUT2D eigenvalue weighted by Gasteiger charge is 2.31. The largest absolute Gasteiger partial charge is 0.351 e. The molecular formula is C12H22N2O2S. The van der Waals surface area contributed by atoms with Crippen molar-refractivity contribution in [1.82, 2.24) is 10.2 Å². The Kier molecular flexibility index (Phi) is 5.75. The van der Waals surface area contributed by atoms with Crippen molar-refractivity contribution in [3.05, 3.63) is 12.7 Å². The third-order valence-electron chi connectivity index (χ3n) is 2.54. The van der Waals surface area contributed by atoms with Gasteiger partial charge in [-0.2, -0.15) is 13.5 Å². The molecule has 1 saturated heterocycles. The highest BCUT2D eigenvalue weighted by Crippen LogP contribution is 2.17. The summed E-state index contributed by atoms with van der Waals surface area (Å²) in [6.45, 7) is 10.4. The van der Waals surface area contributed by atoms with Crippen molar-refractivity contribution in [2.75, 3.05) is 13.1 Å². The number of carbonyl (C=O) groups excluding carboxylic acids is 2. The number of amides is 2. The van der Waals surface area contributed by atoms with Gasteiger partial charge in [0, 0.05) is 18.6 Å². The highest BCUT2D eigenvalue weighted by molar-refractivity contribution is 7.59. The van der Waals surface area contributed by atoms with E-state index in [1.165, 1.54) is 6.08 Å². The lowest BCUT2D eigenvalue weighted by atomic mass is 10.0. The molecule has 0 aromatic rings. The zero-order chi connectivity index (χ0) is 12.3. The lowest BCUT2D eigenvalue weighted by Crippen LogP contribution is -2.44. The molecule has 1 rings (SSSR count). The standard InChI is InChI=1S/C12H20N2O2.H2S/c1-5-10(15)14-7-6-9(8-14)11(16)13-12(2,3)4;/h5,9H,1,6-8H2,2-4H3,(H,13,16);1H2/t9-;/m0./s1. The monoisotopic (exact) mass is 258 g/mol. The molecule has 17 heavy (non-hydrogen) atoms. The number of nitrogens with zero attached hydrogens (tertiary/aromatic N) is 1. The van der Waals surface area contributed by atoms with Crippen LogP contribution in [0.1, 0.15) is 27.2 Å². The molecule has 5 heteroatoms. The van der Waals surface area contributed by atoms with E-state index in [-0.39, 0.29) is 36.8 Å². The van der Waals surface area contributed by atoms with Gasteiger partial charge in [0.15, 0.2) is 0 Å². The summed E-state index contributed by atoms with van der Waals surface area (Å²) in [6, 6.07) is 0. The summed E-state index contributed by atoms with van der Waals surface area (Å²) in [5, 5.41) is 2.94. The number of rotatable bonds is 2. The Morgan fingerprint density at radius 3 is 2.47 bits per heavy atom. The highest BCUT2D eigenvalue weighted by atomic mass is 32.1. The predicted octanol–water partition coefficient (Wildman–Crippen LogP) is 1.05. The Morgan fingerprint density at radius 1 is 1.41 bits per heavy atom. The SMILES string of the molecule is C=CC(=O)N1CC[C@H](C(=O)NC(C)(C)C)C1.S. The Morgan fingerprint density at radius 2 is 2.00 bits per heavy atom. The van der Waals surface area contributed by atoms with Gasteiger partial charge in [-0.1, -0.05) is 6.58 Å². The summed E-state index contributed by atoms with van der Waals surface area (Å²) in [5.41, 5.74) is -0.215. The zero-order valence-electron chi connectivity index (χ0n) is 10.7. The molecule has 0 unspecified atom stereocenters. The van der Waals surface area contributed by atoms with Gasteiger partial charge >= 0.3 is 0 Å². The first-order valence-electron chi connectivity index (χ1n) is 5.57. The molecule has 0 radical (unpaired) electrons. The minimum absolute atomic E-state index is 0. The molecule has 4 nitrogen and oxygen atoms in total. The van der Waals surface area contributed by atoms with E-state index in [0.29, 0.717) is 13.1 Å². The number of likely N-dealkylation sites (tertiary alicyclic amines) is 1. The second-order valence-corrected chi connectivity index (χ2v) is 5.21. The van der Waals surface area contributed by atoms with E-state index in [9.17, 15) is 9.59 Å². The van der Waals surface area contributed by atoms with Crippen LogP contribution in [0.25, 0.3) is 0 Å². The minimum Gasteiger partial charge on any atom is -0.351 e. The van der Waals surface area contributed by atoms with Gasteiger partial charge in [-0.3, -0.25) is 9.59 Å². The molecule has 0 saturated carbocycles. The minimum atomic E-state index is -0.215. The topological polar surface area (TPSA) is 49.4 Å². The average molecular weight is 258 g/mol. The van der Waals surface area contributed by atoms with E-state index in [0.717, 1.165) is 6.42 Å². The van der Waals surface area contributed by atoms with Crippen LogP contribution in [-0.2, 0) is 9.59 Å². The third kappa shape index (κ3) is 4.81. The van der Waals surface area contributed by atoms with Gasteiger partial charge < -0.3 is 10.2 Å². The fraction of sp³-hybridized carbons (Fsp3) is 0.667. The first-order valence-corrected chi connectivity index (χ1v) is 5.57. The predicted molar refractivity (Wildman–Crippen MR) is 73.2 cm³/mol. The Hall–Kier alpha value is -0.970. The molecule has 0 spiro atoms. The smallest absolute Gasteiger partial charge is 0.245 e. The molecule has 1 N–H and O–H groups in total. The van der Waals surface area contributed by atoms with Crippen molar-refractivity contribution in [1.29, 1.82) is 0 Å². The van der Waals surface area contributed by atoms with Gasteiger partial charge in [-0.25, -0.2) is 0 Å². The number of carbonyl (C=O) groups is 2. The van der Waals surface area contributed by atoms with E-state index in [1.54, 1.807) is 4.90 Å². The van der Waals surface area contributed by atoms with Crippen LogP contribution in [0, 0.1) is 5.92 Å². The summed E-state index contributed by atoms with van der Waals surface area (Å²) in [7, 11) is 0. The maximum absolute atomic E-state index is 11.8. The lowest BCUT2D eigenvalue weighted by Gasteiger charge is -2.23. The van der Waals surface area contributed by atoms with Crippen LogP contribution in [-0.4, -0.2) is 35.3 Å². The normalized spacial score (nSPS) is 19.5. The van der Waals surface area contributed by atoms with Crippen molar-refractivity contribution in [3.63, 3.8) is 0 Å². The van der Waals surface area contributed by atoms with Crippen LogP contribution in [0.3, 0.4) is 0 Å². The average Bonchev–Trinajstić information content (AvgIpc) is 2.62. The first-order chi connectivity index (χ1) is 7.33. The molecule has 0 bridgehead atoms. The summed E-state index contributed by atoms with van der Waals surface area (Å²) in [4.78, 5) is 24.9. The van der Waals surface area contributed by atoms with Gasteiger partial charge in [0.05, 0.1) is 5.92 Å². The quantitative estimate of drug-likeness (QED) is 0.753. The van der Waals surface area contributed by atoms with Crippen LogP contribution in [0.4, 0.5) is 0 Å². The van der Waals surface area contributed by atoms with Crippen molar-refractivity contribution in [2.45, 2.75) is 32.7 Å². The lowest BCUT2D eigenvalue weighted by molar-refractivity contribution is -0.127.